The van der Waals surface area contributed by atoms with E-state index in [1.165, 1.54) is 43.7 Å². The fourth-order valence-corrected chi connectivity index (χ4v) is 15.8. The maximum absolute atomic E-state index is 13.2. The molecular formula is C29H29N5O4S6. The van der Waals surface area contributed by atoms with Gasteiger partial charge in [-0.1, -0.05) is 55.3 Å². The molecule has 4 amide bonds. The number of carbonyl (C=O) groups is 4. The quantitative estimate of drug-likeness (QED) is 0.358. The zero-order valence-electron chi connectivity index (χ0n) is 24.8. The third-order valence-corrected chi connectivity index (χ3v) is 18.8. The summed E-state index contributed by atoms with van der Waals surface area (Å²) in [6, 6.07) is 9.91. The monoisotopic (exact) mass is 703 g/mol. The van der Waals surface area contributed by atoms with Crippen LogP contribution in [-0.4, -0.2) is 76.8 Å². The first kappa shape index (κ1) is 30.6. The second-order valence-corrected chi connectivity index (χ2v) is 19.9. The van der Waals surface area contributed by atoms with Crippen LogP contribution >= 0.6 is 65.8 Å². The molecule has 4 bridgehead atoms. The normalized spacial score (nSPS) is 38.7. The molecule has 10 heterocycles. The molecule has 10 rings (SSSR count). The van der Waals surface area contributed by atoms with Gasteiger partial charge in [-0.05, 0) is 56.2 Å². The lowest BCUT2D eigenvalue weighted by Gasteiger charge is -2.57. The highest BCUT2D eigenvalue weighted by Crippen LogP contribution is 2.70. The van der Waals surface area contributed by atoms with Gasteiger partial charge in [-0.2, -0.15) is 5.26 Å². The Morgan fingerprint density at radius 2 is 1.41 bits per heavy atom. The van der Waals surface area contributed by atoms with Gasteiger partial charge in [0.2, 0.25) is 0 Å². The SMILES string of the molecule is CC1=C(c2cccs2)N2C(=O)C3(C)SSC2(C1)C(=O)N3C.CN1C(=O)C23C[C@](C)(C#N)C(c4cccs4)N2C(=O)C1(C)SS3. The van der Waals surface area contributed by atoms with Gasteiger partial charge in [0.05, 0.1) is 28.1 Å². The average Bonchev–Trinajstić information content (AvgIpc) is 3.80. The van der Waals surface area contributed by atoms with Crippen molar-refractivity contribution in [1.29, 1.82) is 5.26 Å². The molecule has 2 aromatic heterocycles. The molecule has 0 aliphatic carbocycles. The molecule has 2 spiro atoms. The van der Waals surface area contributed by atoms with Crippen molar-refractivity contribution in [1.82, 2.24) is 19.6 Å². The molecule has 6 atom stereocenters. The summed E-state index contributed by atoms with van der Waals surface area (Å²) >= 11 is 3.15. The van der Waals surface area contributed by atoms with Gasteiger partial charge in [0.25, 0.3) is 23.6 Å². The van der Waals surface area contributed by atoms with Crippen molar-refractivity contribution >= 4 is 95.2 Å². The predicted octanol–water partition coefficient (Wildman–Crippen LogP) is 5.82. The highest BCUT2D eigenvalue weighted by Gasteiger charge is 2.75. The van der Waals surface area contributed by atoms with Crippen LogP contribution in [0.5, 0.6) is 0 Å². The van der Waals surface area contributed by atoms with E-state index in [0.717, 1.165) is 21.0 Å². The molecule has 9 nitrogen and oxygen atoms in total. The number of nitriles is 1. The van der Waals surface area contributed by atoms with Gasteiger partial charge < -0.3 is 14.7 Å². The summed E-state index contributed by atoms with van der Waals surface area (Å²) in [5.41, 5.74) is 1.28. The van der Waals surface area contributed by atoms with Crippen LogP contribution in [0, 0.1) is 16.7 Å². The van der Waals surface area contributed by atoms with Gasteiger partial charge in [0.1, 0.15) is 0 Å². The van der Waals surface area contributed by atoms with E-state index in [4.69, 9.17) is 0 Å². The molecule has 230 valence electrons. The van der Waals surface area contributed by atoms with E-state index < -0.39 is 24.9 Å². The molecule has 15 heteroatoms. The molecule has 7 fully saturated rings. The molecule has 7 saturated heterocycles. The maximum Gasteiger partial charge on any atom is 0.265 e. The van der Waals surface area contributed by atoms with Crippen molar-refractivity contribution < 1.29 is 19.2 Å². The maximum atomic E-state index is 13.2. The van der Waals surface area contributed by atoms with Crippen molar-refractivity contribution in [3.8, 4) is 6.07 Å². The second kappa shape index (κ2) is 9.71. The summed E-state index contributed by atoms with van der Waals surface area (Å²) in [5, 5.41) is 13.8. The van der Waals surface area contributed by atoms with E-state index in [9.17, 15) is 24.4 Å². The van der Waals surface area contributed by atoms with Crippen LogP contribution in [0.25, 0.3) is 5.70 Å². The van der Waals surface area contributed by atoms with Crippen LogP contribution in [0.4, 0.5) is 0 Å². The van der Waals surface area contributed by atoms with Gasteiger partial charge in [-0.15, -0.1) is 22.7 Å². The van der Waals surface area contributed by atoms with E-state index in [1.54, 1.807) is 62.7 Å². The predicted molar refractivity (Wildman–Crippen MR) is 179 cm³/mol. The molecule has 0 N–H and O–H groups in total. The molecular weight excluding hydrogens is 675 g/mol. The van der Waals surface area contributed by atoms with Crippen molar-refractivity contribution in [3.63, 3.8) is 0 Å². The van der Waals surface area contributed by atoms with Crippen LogP contribution in [-0.2, 0) is 19.2 Å². The summed E-state index contributed by atoms with van der Waals surface area (Å²) in [4.78, 5) is 57.5. The Bertz CT molecular complexity index is 1710. The molecule has 0 saturated carbocycles. The number of hydrogen-bond donors (Lipinski definition) is 0. The van der Waals surface area contributed by atoms with Crippen molar-refractivity contribution in [2.75, 3.05) is 14.1 Å². The summed E-state index contributed by atoms with van der Waals surface area (Å²) < 4.78 is 0. The van der Waals surface area contributed by atoms with E-state index >= 15 is 0 Å². The minimum atomic E-state index is -0.965. The third-order valence-electron chi connectivity index (χ3n) is 9.63. The molecule has 0 radical (unpaired) electrons. The number of nitrogens with zero attached hydrogens (tertiary/aromatic N) is 5. The summed E-state index contributed by atoms with van der Waals surface area (Å²) in [7, 11) is 9.37. The Labute approximate surface area is 279 Å². The number of hydrogen-bond acceptors (Lipinski definition) is 11. The number of thiophene rings is 2. The van der Waals surface area contributed by atoms with Gasteiger partial charge in [-0.3, -0.25) is 24.1 Å². The molecule has 8 aliphatic rings. The standard InChI is InChI=1S/C15H15N3O2S3.C14H14N2O2S3/c1-13(8-16)7-15-12(20)17(3)14(2,22-23-15)11(19)18(15)10(13)9-5-4-6-21-9;1-8-7-14-12(18)15(3)13(2,20-21-14)11(17)16(14)10(8)9-5-4-6-19-9/h4-6,10H,7H2,1-3H3;4-6H,7H2,1-3H3/t10?,13-,14?,15?;/m1./s1. The van der Waals surface area contributed by atoms with E-state index in [0.29, 0.717) is 12.8 Å². The first-order valence-corrected chi connectivity index (χ1v) is 19.9. The highest BCUT2D eigenvalue weighted by atomic mass is 33.1. The molecule has 5 unspecified atom stereocenters. The summed E-state index contributed by atoms with van der Waals surface area (Å²) in [6.45, 7) is 7.53. The third kappa shape index (κ3) is 3.58. The molecule has 0 aromatic carbocycles. The second-order valence-electron chi connectivity index (χ2n) is 12.3. The van der Waals surface area contributed by atoms with E-state index in [2.05, 4.69) is 6.07 Å². The number of piperazine rings is 2. The molecule has 44 heavy (non-hydrogen) atoms. The largest absolute Gasteiger partial charge is 0.319 e. The van der Waals surface area contributed by atoms with Crippen LogP contribution in [0.2, 0.25) is 0 Å². The number of fused-ring (bicyclic) bond motifs is 4. The van der Waals surface area contributed by atoms with Gasteiger partial charge >= 0.3 is 0 Å². The Hall–Kier alpha value is -2.09. The Kier molecular flexibility index (Phi) is 6.75. The van der Waals surface area contributed by atoms with Crippen LogP contribution in [0.1, 0.15) is 56.3 Å². The zero-order valence-corrected chi connectivity index (χ0v) is 29.7. The fraction of sp³-hybridized carbons (Fsp3) is 0.483. The molecule has 2 aromatic rings. The lowest BCUT2D eigenvalue weighted by atomic mass is 9.82. The Morgan fingerprint density at radius 3 is 2.00 bits per heavy atom. The van der Waals surface area contributed by atoms with Crippen LogP contribution in [0.3, 0.4) is 0 Å². The zero-order chi connectivity index (χ0) is 31.6. The minimum Gasteiger partial charge on any atom is -0.319 e. The first-order valence-electron chi connectivity index (χ1n) is 13.9. The van der Waals surface area contributed by atoms with Gasteiger partial charge in [0.15, 0.2) is 19.5 Å². The Morgan fingerprint density at radius 1 is 0.818 bits per heavy atom. The smallest absolute Gasteiger partial charge is 0.265 e. The van der Waals surface area contributed by atoms with E-state index in [-0.39, 0.29) is 29.7 Å². The van der Waals surface area contributed by atoms with Crippen molar-refractivity contribution in [3.05, 3.63) is 50.4 Å². The van der Waals surface area contributed by atoms with Crippen molar-refractivity contribution in [2.24, 2.45) is 5.41 Å². The number of carbonyl (C=O) groups excluding carboxylic acids is 4. The lowest BCUT2D eigenvalue weighted by molar-refractivity contribution is -0.164. The highest BCUT2D eigenvalue weighted by molar-refractivity contribution is 8.78. The first-order chi connectivity index (χ1) is 20.7. The summed E-state index contributed by atoms with van der Waals surface area (Å²) in [5.74, 6) is -0.0718. The fourth-order valence-electron chi connectivity index (χ4n) is 7.01. The molecule has 8 aliphatic heterocycles. The van der Waals surface area contributed by atoms with E-state index in [1.807, 2.05) is 55.8 Å². The number of amides is 4. The average molecular weight is 704 g/mol. The van der Waals surface area contributed by atoms with Crippen LogP contribution in [0.15, 0.2) is 40.6 Å². The lowest BCUT2D eigenvalue weighted by Crippen LogP contribution is -2.73. The van der Waals surface area contributed by atoms with Crippen LogP contribution < -0.4 is 0 Å². The minimum absolute atomic E-state index is 0.0219. The van der Waals surface area contributed by atoms with Crippen molar-refractivity contribution in [2.45, 2.75) is 66.1 Å². The summed E-state index contributed by atoms with van der Waals surface area (Å²) in [6.07, 6.45) is 0.977. The topological polar surface area (TPSA) is 105 Å². The Balaban J connectivity index is 0.000000143. The number of likely N-dealkylation sites (N-methyl/N-ethyl adjacent to an activating group) is 2. The van der Waals surface area contributed by atoms with Gasteiger partial charge in [-0.25, -0.2) is 0 Å². The van der Waals surface area contributed by atoms with Gasteiger partial charge in [0, 0.05) is 31.8 Å². The number of rotatable bonds is 2.